The molecule has 2 aromatic rings. The minimum Gasteiger partial charge on any atom is -0.475 e. The molecule has 3 aliphatic rings. The molecule has 2 saturated carbocycles. The number of phosphoric ester groups is 1. The van der Waals surface area contributed by atoms with E-state index in [1.807, 2.05) is 10.8 Å². The average molecular weight is 778 g/mol. The lowest BCUT2D eigenvalue weighted by Crippen LogP contribution is -2.28. The van der Waals surface area contributed by atoms with Crippen molar-refractivity contribution < 1.29 is 61.0 Å². The number of phosphoric acid groups is 3. The number of aliphatic hydroxyl groups is 1. The van der Waals surface area contributed by atoms with Crippen LogP contribution >= 0.6 is 45.1 Å². The van der Waals surface area contributed by atoms with E-state index in [0.717, 1.165) is 17.6 Å². The van der Waals surface area contributed by atoms with Crippen LogP contribution in [0.4, 0.5) is 5.95 Å². The highest BCUT2D eigenvalue weighted by atomic mass is 33.1. The van der Waals surface area contributed by atoms with Gasteiger partial charge in [-0.25, -0.2) is 18.7 Å². The summed E-state index contributed by atoms with van der Waals surface area (Å²) in [5.41, 5.74) is 6.55. The number of hydrogen-bond donors (Lipinski definition) is 6. The Hall–Kier alpha value is -0.820. The van der Waals surface area contributed by atoms with Gasteiger partial charge in [-0.1, -0.05) is 67.0 Å². The average Bonchev–Trinajstić information content (AvgIpc) is 3.49. The first-order valence-electron chi connectivity index (χ1n) is 15.6. The second-order valence-electron chi connectivity index (χ2n) is 12.3. The van der Waals surface area contributed by atoms with Crippen molar-refractivity contribution in [2.45, 2.75) is 88.4 Å². The fourth-order valence-corrected chi connectivity index (χ4v) is 11.8. The lowest BCUT2D eigenvalue weighted by atomic mass is 9.73. The molecule has 48 heavy (non-hydrogen) atoms. The van der Waals surface area contributed by atoms with Crippen molar-refractivity contribution in [2.24, 2.45) is 17.8 Å². The first-order chi connectivity index (χ1) is 22.6. The van der Waals surface area contributed by atoms with E-state index in [-0.39, 0.29) is 23.9 Å². The zero-order valence-corrected chi connectivity index (χ0v) is 30.4. The number of imidazole rings is 1. The van der Waals surface area contributed by atoms with E-state index < -0.39 is 48.5 Å². The van der Waals surface area contributed by atoms with Crippen LogP contribution < -0.4 is 10.5 Å². The normalized spacial score (nSPS) is 26.0. The minimum atomic E-state index is -5.69. The van der Waals surface area contributed by atoms with E-state index in [4.69, 9.17) is 25.0 Å². The number of ether oxygens (including phenoxy) is 2. The quantitative estimate of drug-likeness (QED) is 0.0649. The Labute approximate surface area is 285 Å². The minimum absolute atomic E-state index is 0.0367. The Morgan fingerprint density at radius 3 is 2.46 bits per heavy atom. The number of anilines is 1. The Morgan fingerprint density at radius 1 is 1.08 bits per heavy atom. The molecular weight excluding hydrogens is 735 g/mol. The van der Waals surface area contributed by atoms with Crippen molar-refractivity contribution in [3.8, 4) is 5.88 Å². The molecule has 5 unspecified atom stereocenters. The molecular formula is C25H42N5O13P3S2. The van der Waals surface area contributed by atoms with Crippen molar-refractivity contribution >= 4 is 62.2 Å². The third-order valence-electron chi connectivity index (χ3n) is 8.90. The van der Waals surface area contributed by atoms with Gasteiger partial charge < -0.3 is 39.9 Å². The maximum atomic E-state index is 12.1. The topological polar surface area (TPSA) is 268 Å². The standard InChI is InChI=1S/C25H42N5O13P3S2/c1-15(17-6-3-7-17)20(9-8-16-4-2-5-16)48-47-11-10-39-24-22-23(28-25(26)29-24)30(14-27-22)21-12-18(31)19(41-21)13-40-45(35,36)43-46(37,38)42-44(32,33)34/h14-21,31H,2-13H2,1H3,(H,35,36)(H,37,38)(H2,26,28,29)(H2,32,33,34)/t15?,18?,19-,20?,21-/m1/s1. The van der Waals surface area contributed by atoms with Gasteiger partial charge >= 0.3 is 23.5 Å². The molecule has 0 spiro atoms. The van der Waals surface area contributed by atoms with Crippen molar-refractivity contribution in [2.75, 3.05) is 24.7 Å². The fraction of sp³-hybridized carbons (Fsp3) is 0.800. The van der Waals surface area contributed by atoms with Gasteiger partial charge in [0.2, 0.25) is 11.8 Å². The van der Waals surface area contributed by atoms with Crippen molar-refractivity contribution in [1.29, 1.82) is 0 Å². The van der Waals surface area contributed by atoms with Crippen LogP contribution in [0.3, 0.4) is 0 Å². The van der Waals surface area contributed by atoms with Crippen molar-refractivity contribution in [3.63, 3.8) is 0 Å². The highest BCUT2D eigenvalue weighted by Crippen LogP contribution is 2.66. The first-order valence-corrected chi connectivity index (χ1v) is 22.5. The summed E-state index contributed by atoms with van der Waals surface area (Å²) in [6.07, 6.45) is 8.66. The first kappa shape index (κ1) is 38.4. The van der Waals surface area contributed by atoms with Crippen LogP contribution in [0.25, 0.3) is 11.2 Å². The molecule has 2 aromatic heterocycles. The van der Waals surface area contributed by atoms with Gasteiger partial charge in [-0.3, -0.25) is 9.09 Å². The summed E-state index contributed by atoms with van der Waals surface area (Å²) in [7, 11) is -12.9. The highest BCUT2D eigenvalue weighted by molar-refractivity contribution is 8.76. The van der Waals surface area contributed by atoms with E-state index in [1.54, 1.807) is 10.8 Å². The predicted octanol–water partition coefficient (Wildman–Crippen LogP) is 4.55. The van der Waals surface area contributed by atoms with Crippen LogP contribution in [-0.4, -0.2) is 80.6 Å². The van der Waals surface area contributed by atoms with E-state index in [1.165, 1.54) is 62.3 Å². The van der Waals surface area contributed by atoms with Crippen molar-refractivity contribution in [3.05, 3.63) is 6.33 Å². The fourth-order valence-electron chi connectivity index (χ4n) is 5.88. The number of aliphatic hydroxyl groups excluding tert-OH is 1. The van der Waals surface area contributed by atoms with Crippen LogP contribution in [-0.2, 0) is 31.6 Å². The van der Waals surface area contributed by atoms with Gasteiger partial charge in [-0.2, -0.15) is 18.6 Å². The van der Waals surface area contributed by atoms with E-state index >= 15 is 0 Å². The predicted molar refractivity (Wildman–Crippen MR) is 176 cm³/mol. The van der Waals surface area contributed by atoms with Gasteiger partial charge in [-0.15, -0.1) is 0 Å². The Kier molecular flexibility index (Phi) is 13.0. The Balaban J connectivity index is 1.13. The van der Waals surface area contributed by atoms with E-state index in [9.17, 15) is 28.6 Å². The molecule has 0 bridgehead atoms. The summed E-state index contributed by atoms with van der Waals surface area (Å²) >= 11 is 0. The maximum absolute atomic E-state index is 12.1. The molecule has 2 aliphatic carbocycles. The summed E-state index contributed by atoms with van der Waals surface area (Å²) in [6, 6.07) is 0. The van der Waals surface area contributed by atoms with Gasteiger partial charge in [0.15, 0.2) is 11.2 Å². The molecule has 5 rings (SSSR count). The lowest BCUT2D eigenvalue weighted by molar-refractivity contribution is -0.0423. The number of nitrogen functional groups attached to an aromatic ring is 1. The van der Waals surface area contributed by atoms with Gasteiger partial charge in [0.1, 0.15) is 12.3 Å². The Morgan fingerprint density at radius 2 is 1.81 bits per heavy atom. The van der Waals surface area contributed by atoms with Gasteiger partial charge in [0.25, 0.3) is 0 Å². The number of aromatic nitrogens is 4. The second-order valence-corrected chi connectivity index (χ2v) is 19.4. The zero-order valence-electron chi connectivity index (χ0n) is 26.1. The molecule has 0 amide bonds. The summed E-state index contributed by atoms with van der Waals surface area (Å²) in [6.45, 7) is 1.96. The van der Waals surface area contributed by atoms with Crippen LogP contribution in [0, 0.1) is 17.8 Å². The molecule has 3 fully saturated rings. The number of rotatable bonds is 19. The lowest BCUT2D eigenvalue weighted by Gasteiger charge is -2.37. The number of nitrogens with two attached hydrogens (primary N) is 1. The van der Waals surface area contributed by atoms with Crippen LogP contribution in [0.2, 0.25) is 0 Å². The molecule has 0 aromatic carbocycles. The summed E-state index contributed by atoms with van der Waals surface area (Å²) in [4.78, 5) is 49.2. The third-order valence-corrected chi connectivity index (χ3v) is 15.7. The van der Waals surface area contributed by atoms with Crippen LogP contribution in [0.15, 0.2) is 6.33 Å². The molecule has 1 aliphatic heterocycles. The SMILES string of the molecule is CC(C1CCC1)C(CCC1CCC1)SSCCOc1nc(N)nc2c1ncn2[C@H]1CC(O)[C@@H](COP(=O)(O)OP(=O)(O)OP(=O)(O)O)O1. The highest BCUT2D eigenvalue weighted by Gasteiger charge is 2.43. The van der Waals surface area contributed by atoms with Crippen LogP contribution in [0.5, 0.6) is 5.88 Å². The monoisotopic (exact) mass is 777 g/mol. The Bertz CT molecular complexity index is 1540. The van der Waals surface area contributed by atoms with Crippen LogP contribution in [0.1, 0.15) is 70.9 Å². The largest absolute Gasteiger partial charge is 0.490 e. The molecule has 7 N–H and O–H groups in total. The molecule has 3 heterocycles. The molecule has 23 heteroatoms. The summed E-state index contributed by atoms with van der Waals surface area (Å²) in [5.74, 6) is 3.26. The zero-order chi connectivity index (χ0) is 34.7. The molecule has 272 valence electrons. The number of nitrogens with zero attached hydrogens (tertiary/aromatic N) is 4. The van der Waals surface area contributed by atoms with E-state index in [0.29, 0.717) is 23.3 Å². The molecule has 7 atom stereocenters. The molecule has 0 radical (unpaired) electrons. The maximum Gasteiger partial charge on any atom is 0.490 e. The third kappa shape index (κ3) is 10.6. The van der Waals surface area contributed by atoms with Gasteiger partial charge in [-0.05, 0) is 30.6 Å². The van der Waals surface area contributed by atoms with Gasteiger partial charge in [0.05, 0.1) is 25.6 Å². The number of fused-ring (bicyclic) bond motifs is 1. The molecule has 18 nitrogen and oxygen atoms in total. The smallest absolute Gasteiger partial charge is 0.475 e. The second kappa shape index (κ2) is 16.2. The number of hydrogen-bond acceptors (Lipinski definition) is 15. The van der Waals surface area contributed by atoms with E-state index in [2.05, 4.69) is 35.0 Å². The summed E-state index contributed by atoms with van der Waals surface area (Å²) in [5, 5.41) is 11.1. The molecule has 1 saturated heterocycles. The van der Waals surface area contributed by atoms with Gasteiger partial charge in [0, 0.05) is 17.4 Å². The van der Waals surface area contributed by atoms with Crippen molar-refractivity contribution in [1.82, 2.24) is 19.5 Å². The summed E-state index contributed by atoms with van der Waals surface area (Å²) < 4.78 is 59.7.